The molecule has 288 valence electrons. The van der Waals surface area contributed by atoms with Gasteiger partial charge in [-0.25, -0.2) is 15.0 Å². The summed E-state index contributed by atoms with van der Waals surface area (Å²) < 4.78 is 3.42. The van der Waals surface area contributed by atoms with E-state index in [4.69, 9.17) is 9.97 Å². The number of fused-ring (bicyclic) bond motifs is 1. The molecule has 12 nitrogen and oxygen atoms in total. The number of amides is 1. The number of thiazole rings is 1. The van der Waals surface area contributed by atoms with Gasteiger partial charge in [-0.1, -0.05) is 48.5 Å². The summed E-state index contributed by atoms with van der Waals surface area (Å²) in [5.74, 6) is 1.06. The fourth-order valence-corrected chi connectivity index (χ4v) is 9.59. The van der Waals surface area contributed by atoms with Crippen molar-refractivity contribution in [3.8, 4) is 16.3 Å². The van der Waals surface area contributed by atoms with E-state index >= 15 is 0 Å². The molecule has 6 aromatic rings. The van der Waals surface area contributed by atoms with Gasteiger partial charge in [-0.05, 0) is 61.7 Å². The molecule has 0 aliphatic carbocycles. The number of hydrogen-bond acceptors (Lipinski definition) is 10. The number of benzene rings is 2. The number of nitrogens with one attached hydrogen (secondary N) is 1. The Kier molecular flexibility index (Phi) is 10.2. The highest BCUT2D eigenvalue weighted by molar-refractivity contribution is 7.15. The van der Waals surface area contributed by atoms with Crippen LogP contribution in [0.15, 0.2) is 109 Å². The summed E-state index contributed by atoms with van der Waals surface area (Å²) >= 11 is 1.71. The first-order valence-corrected chi connectivity index (χ1v) is 20.5. The summed E-state index contributed by atoms with van der Waals surface area (Å²) in [5, 5.41) is 16.6. The number of hydrogen-bond donors (Lipinski definition) is 2. The number of carbonyl (C=O) groups is 1. The molecular formula is C43H47N9O3S. The largest absolute Gasteiger partial charge is 0.388 e. The lowest BCUT2D eigenvalue weighted by atomic mass is 9.79. The molecule has 3 fully saturated rings. The van der Waals surface area contributed by atoms with Crippen molar-refractivity contribution in [1.82, 2.24) is 39.2 Å². The summed E-state index contributed by atoms with van der Waals surface area (Å²) in [7, 11) is 0. The first-order chi connectivity index (χ1) is 27.4. The summed E-state index contributed by atoms with van der Waals surface area (Å²) in [6.07, 6.45) is 8.85. The lowest BCUT2D eigenvalue weighted by molar-refractivity contribution is -0.142. The van der Waals surface area contributed by atoms with Crippen LogP contribution in [0.3, 0.4) is 0 Å². The summed E-state index contributed by atoms with van der Waals surface area (Å²) in [5.41, 5.74) is 2.43. The average molecular weight is 770 g/mol. The van der Waals surface area contributed by atoms with Gasteiger partial charge in [0.25, 0.3) is 5.56 Å². The van der Waals surface area contributed by atoms with E-state index in [1.54, 1.807) is 17.4 Å². The van der Waals surface area contributed by atoms with Gasteiger partial charge in [0.05, 0.1) is 17.5 Å². The molecule has 0 unspecified atom stereocenters. The highest BCUT2D eigenvalue weighted by atomic mass is 32.1. The second kappa shape index (κ2) is 15.7. The third-order valence-corrected chi connectivity index (χ3v) is 12.8. The Labute approximate surface area is 330 Å². The Morgan fingerprint density at radius 1 is 0.875 bits per heavy atom. The minimum Gasteiger partial charge on any atom is -0.388 e. The Morgan fingerprint density at radius 2 is 1.64 bits per heavy atom. The number of likely N-dealkylation sites (tertiary alicyclic amines) is 2. The van der Waals surface area contributed by atoms with Crippen LogP contribution in [-0.2, 0) is 17.9 Å². The van der Waals surface area contributed by atoms with Crippen LogP contribution in [-0.4, -0.2) is 103 Å². The van der Waals surface area contributed by atoms with Crippen molar-refractivity contribution >= 4 is 34.1 Å². The van der Waals surface area contributed by atoms with Gasteiger partial charge < -0.3 is 24.8 Å². The van der Waals surface area contributed by atoms with Gasteiger partial charge in [0.2, 0.25) is 5.91 Å². The van der Waals surface area contributed by atoms with Gasteiger partial charge in [0, 0.05) is 98.9 Å². The average Bonchev–Trinajstić information content (AvgIpc) is 3.91. The molecule has 0 saturated carbocycles. The molecule has 2 N–H and O–H groups in total. The zero-order chi connectivity index (χ0) is 38.1. The molecule has 3 aliphatic rings. The van der Waals surface area contributed by atoms with Crippen molar-refractivity contribution in [3.05, 3.63) is 125 Å². The second-order valence-electron chi connectivity index (χ2n) is 15.4. The molecule has 13 heteroatoms. The maximum Gasteiger partial charge on any atom is 0.262 e. The van der Waals surface area contributed by atoms with E-state index in [0.29, 0.717) is 37.0 Å². The van der Waals surface area contributed by atoms with Crippen LogP contribution in [0.25, 0.3) is 27.3 Å². The van der Waals surface area contributed by atoms with Crippen LogP contribution in [0.5, 0.6) is 0 Å². The molecule has 0 radical (unpaired) electrons. The molecule has 9 rings (SSSR count). The van der Waals surface area contributed by atoms with Crippen LogP contribution in [0.4, 0.5) is 5.82 Å². The van der Waals surface area contributed by atoms with E-state index < -0.39 is 5.60 Å². The van der Waals surface area contributed by atoms with E-state index in [1.807, 2.05) is 64.5 Å². The maximum absolute atomic E-state index is 14.3. The number of piperidine rings is 2. The van der Waals surface area contributed by atoms with E-state index in [2.05, 4.69) is 56.5 Å². The standard InChI is InChI=1S/C43H47N9O3S/c53-41(50-21-15-43(55,16-22-50)29-51-30-47-39-36(42(51)54)14-20-52(39)33-9-5-2-6-10-33)35-13-19-48(28-37(35)31-7-3-1-4-8-31)27-34-26-46-40(56-34)32-11-12-38(45-25-32)49-23-17-44-18-24-49/h1-12,14,20,25-26,30,35,37,44,55H,13,15-19,21-24,27-29H2/t35-,37+/m1/s1. The quantitative estimate of drug-likeness (QED) is 0.214. The van der Waals surface area contributed by atoms with Crippen molar-refractivity contribution in [1.29, 1.82) is 0 Å². The lowest BCUT2D eigenvalue weighted by Crippen LogP contribution is -2.53. The number of para-hydroxylation sites is 1. The predicted molar refractivity (Wildman–Crippen MR) is 219 cm³/mol. The number of aliphatic hydroxyl groups is 1. The number of nitrogens with zero attached hydrogens (tertiary/aromatic N) is 8. The van der Waals surface area contributed by atoms with E-state index in [1.165, 1.54) is 21.3 Å². The lowest BCUT2D eigenvalue weighted by Gasteiger charge is -2.43. The van der Waals surface area contributed by atoms with Crippen molar-refractivity contribution in [2.45, 2.75) is 43.9 Å². The highest BCUT2D eigenvalue weighted by Gasteiger charge is 2.41. The maximum atomic E-state index is 14.3. The molecule has 0 spiro atoms. The Bertz CT molecular complexity index is 2330. The molecule has 1 amide bonds. The van der Waals surface area contributed by atoms with Gasteiger partial charge in [0.1, 0.15) is 17.2 Å². The Balaban J connectivity index is 0.839. The van der Waals surface area contributed by atoms with E-state index in [-0.39, 0.29) is 29.8 Å². The normalized spacial score (nSPS) is 20.4. The van der Waals surface area contributed by atoms with Gasteiger partial charge in [-0.3, -0.25) is 19.1 Å². The Hall–Kier alpha value is -5.21. The first-order valence-electron chi connectivity index (χ1n) is 19.7. The van der Waals surface area contributed by atoms with Crippen LogP contribution in [0.1, 0.15) is 35.6 Å². The van der Waals surface area contributed by atoms with E-state index in [0.717, 1.165) is 74.3 Å². The monoisotopic (exact) mass is 769 g/mol. The molecule has 3 aliphatic heterocycles. The topological polar surface area (TPSA) is 125 Å². The van der Waals surface area contributed by atoms with Crippen molar-refractivity contribution in [3.63, 3.8) is 0 Å². The fraction of sp³-hybridized carbons (Fsp3) is 0.372. The summed E-state index contributed by atoms with van der Waals surface area (Å²) in [6, 6.07) is 26.2. The van der Waals surface area contributed by atoms with Crippen molar-refractivity contribution in [2.75, 3.05) is 57.3 Å². The van der Waals surface area contributed by atoms with E-state index in [9.17, 15) is 14.7 Å². The fourth-order valence-electron chi connectivity index (χ4n) is 8.64. The van der Waals surface area contributed by atoms with Gasteiger partial charge >= 0.3 is 0 Å². The number of anilines is 1. The minimum atomic E-state index is -1.11. The van der Waals surface area contributed by atoms with Crippen LogP contribution in [0.2, 0.25) is 0 Å². The predicted octanol–water partition coefficient (Wildman–Crippen LogP) is 4.77. The van der Waals surface area contributed by atoms with Crippen LogP contribution in [0, 0.1) is 5.92 Å². The summed E-state index contributed by atoms with van der Waals surface area (Å²) in [6.45, 7) is 7.28. The van der Waals surface area contributed by atoms with Crippen molar-refractivity contribution < 1.29 is 9.90 Å². The molecular weight excluding hydrogens is 723 g/mol. The van der Waals surface area contributed by atoms with Gasteiger partial charge in [-0.2, -0.15) is 0 Å². The second-order valence-corrected chi connectivity index (χ2v) is 16.5. The number of piperazine rings is 1. The third-order valence-electron chi connectivity index (χ3n) is 11.8. The molecule has 0 bridgehead atoms. The van der Waals surface area contributed by atoms with Gasteiger partial charge in [0.15, 0.2) is 5.65 Å². The highest BCUT2D eigenvalue weighted by Crippen LogP contribution is 2.37. The smallest absolute Gasteiger partial charge is 0.262 e. The molecule has 4 aromatic heterocycles. The molecule has 2 aromatic carbocycles. The Morgan fingerprint density at radius 3 is 2.39 bits per heavy atom. The summed E-state index contributed by atoms with van der Waals surface area (Å²) in [4.78, 5) is 49.9. The zero-order valence-corrected chi connectivity index (χ0v) is 32.2. The number of rotatable bonds is 9. The van der Waals surface area contributed by atoms with Crippen LogP contribution < -0.4 is 15.8 Å². The molecule has 56 heavy (non-hydrogen) atoms. The number of aromatic nitrogens is 5. The molecule has 2 atom stereocenters. The number of pyridine rings is 1. The van der Waals surface area contributed by atoms with Crippen LogP contribution >= 0.6 is 11.3 Å². The molecule has 7 heterocycles. The third kappa shape index (κ3) is 7.51. The SMILES string of the molecule is O=C([C@@H]1CCN(Cc2cnc(-c3ccc(N4CCNCC4)nc3)s2)C[C@H]1c1ccccc1)N1CCC(O)(Cn2cnc3c(ccn3-c3ccccc3)c2=O)CC1. The van der Waals surface area contributed by atoms with Crippen molar-refractivity contribution in [2.24, 2.45) is 5.92 Å². The zero-order valence-electron chi connectivity index (χ0n) is 31.4. The first kappa shape index (κ1) is 36.4. The van der Waals surface area contributed by atoms with Gasteiger partial charge in [-0.15, -0.1) is 11.3 Å². The molecule has 3 saturated heterocycles. The number of carbonyl (C=O) groups excluding carboxylic acids is 1. The minimum absolute atomic E-state index is 0.0481.